The highest BCUT2D eigenvalue weighted by Crippen LogP contribution is 2.39. The average Bonchev–Trinajstić information content (AvgIpc) is 2.73. The van der Waals surface area contributed by atoms with E-state index in [1.54, 1.807) is 11.3 Å². The van der Waals surface area contributed by atoms with Gasteiger partial charge in [-0.3, -0.25) is 10.6 Å². The summed E-state index contributed by atoms with van der Waals surface area (Å²) in [5.74, 6) is 0. The zero-order valence-electron chi connectivity index (χ0n) is 10.7. The van der Waals surface area contributed by atoms with Gasteiger partial charge < -0.3 is 0 Å². The third kappa shape index (κ3) is 1.60. The van der Waals surface area contributed by atoms with Crippen LogP contribution in [-0.4, -0.2) is 16.1 Å². The zero-order valence-corrected chi connectivity index (χ0v) is 11.5. The fourth-order valence-corrected chi connectivity index (χ4v) is 3.10. The molecule has 90 valence electrons. The maximum atomic E-state index is 4.47. The molecule has 1 saturated heterocycles. The predicted molar refractivity (Wildman–Crippen MR) is 68.5 cm³/mol. The van der Waals surface area contributed by atoms with Gasteiger partial charge in [0.05, 0.1) is 0 Å². The van der Waals surface area contributed by atoms with E-state index >= 15 is 0 Å². The van der Waals surface area contributed by atoms with E-state index in [1.807, 2.05) is 11.6 Å². The molecule has 0 saturated carbocycles. The zero-order chi connectivity index (χ0) is 12.0. The first-order chi connectivity index (χ1) is 7.33. The molecule has 2 N–H and O–H groups in total. The van der Waals surface area contributed by atoms with Crippen molar-refractivity contribution in [3.05, 3.63) is 16.6 Å². The molecule has 0 atom stereocenters. The summed E-state index contributed by atoms with van der Waals surface area (Å²) in [4.78, 5) is 4.47. The number of hydrogen-bond acceptors (Lipinski definition) is 4. The average molecular weight is 239 g/mol. The van der Waals surface area contributed by atoms with E-state index in [1.165, 1.54) is 0 Å². The Labute approximate surface area is 102 Å². The summed E-state index contributed by atoms with van der Waals surface area (Å²) in [6, 6.07) is 0. The normalized spacial score (nSPS) is 25.8. The minimum absolute atomic E-state index is 0.0503. The van der Waals surface area contributed by atoms with Crippen LogP contribution in [0, 0.1) is 0 Å². The van der Waals surface area contributed by atoms with Crippen LogP contribution in [0.3, 0.4) is 0 Å². The lowest BCUT2D eigenvalue weighted by atomic mass is 9.85. The van der Waals surface area contributed by atoms with E-state index in [4.69, 9.17) is 0 Å². The van der Waals surface area contributed by atoms with Crippen LogP contribution in [0.15, 0.2) is 11.6 Å². The molecule has 0 bridgehead atoms. The maximum absolute atomic E-state index is 4.47. The largest absolute Gasteiger partial charge is 0.287 e. The summed E-state index contributed by atoms with van der Waals surface area (Å²) < 4.78 is 0. The van der Waals surface area contributed by atoms with Crippen LogP contribution < -0.4 is 10.6 Å². The molecule has 0 aromatic carbocycles. The molecule has 1 aliphatic rings. The minimum atomic E-state index is -0.166. The Kier molecular flexibility index (Phi) is 2.64. The van der Waals surface area contributed by atoms with Crippen molar-refractivity contribution in [2.24, 2.45) is 0 Å². The van der Waals surface area contributed by atoms with Crippen LogP contribution in [0.25, 0.3) is 0 Å². The molecular weight excluding hydrogens is 218 g/mol. The van der Waals surface area contributed by atoms with Crippen molar-refractivity contribution in [3.8, 4) is 0 Å². The second-order valence-corrected chi connectivity index (χ2v) is 6.49. The Bertz CT molecular complexity index is 352. The third-order valence-electron chi connectivity index (χ3n) is 3.94. The lowest BCUT2D eigenvalue weighted by Gasteiger charge is -2.33. The highest BCUT2D eigenvalue weighted by molar-refractivity contribution is 7.09. The number of aromatic nitrogens is 1. The highest BCUT2D eigenvalue weighted by atomic mass is 32.1. The van der Waals surface area contributed by atoms with Crippen molar-refractivity contribution in [2.75, 3.05) is 0 Å². The van der Waals surface area contributed by atoms with Crippen molar-refractivity contribution in [3.63, 3.8) is 0 Å². The Morgan fingerprint density at radius 2 is 1.75 bits per heavy atom. The summed E-state index contributed by atoms with van der Waals surface area (Å²) in [7, 11) is 0. The van der Waals surface area contributed by atoms with Crippen LogP contribution in [0.5, 0.6) is 0 Å². The van der Waals surface area contributed by atoms with Gasteiger partial charge in [0, 0.05) is 22.7 Å². The third-order valence-corrected chi connectivity index (χ3v) is 4.88. The standard InChI is InChI=1S/C12H21N3S/c1-6-12(9-13-7-8-16-9)14-10(2,3)11(4,5)15-12/h7-8,14-15H,6H2,1-5H3. The van der Waals surface area contributed by atoms with Crippen molar-refractivity contribution in [1.82, 2.24) is 15.6 Å². The first-order valence-corrected chi connectivity index (χ1v) is 6.70. The quantitative estimate of drug-likeness (QED) is 0.832. The van der Waals surface area contributed by atoms with Crippen molar-refractivity contribution in [2.45, 2.75) is 57.8 Å². The fourth-order valence-electron chi connectivity index (χ4n) is 2.28. The molecular formula is C12H21N3S. The second kappa shape index (κ2) is 3.52. The van der Waals surface area contributed by atoms with Crippen LogP contribution in [0.1, 0.15) is 46.0 Å². The van der Waals surface area contributed by atoms with Gasteiger partial charge in [0.1, 0.15) is 10.7 Å². The first-order valence-electron chi connectivity index (χ1n) is 5.82. The molecule has 0 aliphatic carbocycles. The van der Waals surface area contributed by atoms with Gasteiger partial charge in [0.15, 0.2) is 0 Å². The first kappa shape index (κ1) is 12.0. The lowest BCUT2D eigenvalue weighted by molar-refractivity contribution is 0.294. The lowest BCUT2D eigenvalue weighted by Crippen LogP contribution is -2.51. The van der Waals surface area contributed by atoms with Crippen LogP contribution in [-0.2, 0) is 5.66 Å². The van der Waals surface area contributed by atoms with Gasteiger partial charge in [-0.15, -0.1) is 11.3 Å². The van der Waals surface area contributed by atoms with Gasteiger partial charge in [-0.1, -0.05) is 6.92 Å². The van der Waals surface area contributed by atoms with Gasteiger partial charge >= 0.3 is 0 Å². The number of nitrogens with one attached hydrogen (secondary N) is 2. The van der Waals surface area contributed by atoms with Gasteiger partial charge in [-0.25, -0.2) is 4.98 Å². The monoisotopic (exact) mass is 239 g/mol. The molecule has 1 aromatic heterocycles. The van der Waals surface area contributed by atoms with E-state index in [-0.39, 0.29) is 16.7 Å². The van der Waals surface area contributed by atoms with Gasteiger partial charge in [0.25, 0.3) is 0 Å². The number of hydrogen-bond donors (Lipinski definition) is 2. The number of nitrogens with zero attached hydrogens (tertiary/aromatic N) is 1. The van der Waals surface area contributed by atoms with Crippen molar-refractivity contribution < 1.29 is 0 Å². The van der Waals surface area contributed by atoms with E-state index in [0.717, 1.165) is 11.4 Å². The summed E-state index contributed by atoms with van der Waals surface area (Å²) in [6.45, 7) is 11.2. The maximum Gasteiger partial charge on any atom is 0.127 e. The molecule has 2 rings (SSSR count). The molecule has 1 fully saturated rings. The molecule has 4 heteroatoms. The SMILES string of the molecule is CCC1(c2nccs2)NC(C)(C)C(C)(C)N1. The molecule has 16 heavy (non-hydrogen) atoms. The van der Waals surface area contributed by atoms with Crippen molar-refractivity contribution in [1.29, 1.82) is 0 Å². The molecule has 2 heterocycles. The number of rotatable bonds is 2. The summed E-state index contributed by atoms with van der Waals surface area (Å²) in [5, 5.41) is 10.6. The topological polar surface area (TPSA) is 37.0 Å². The predicted octanol–water partition coefficient (Wildman–Crippen LogP) is 2.46. The van der Waals surface area contributed by atoms with Crippen LogP contribution in [0.2, 0.25) is 0 Å². The molecule has 3 nitrogen and oxygen atoms in total. The second-order valence-electron chi connectivity index (χ2n) is 5.60. The van der Waals surface area contributed by atoms with Crippen LogP contribution >= 0.6 is 11.3 Å². The summed E-state index contributed by atoms with van der Waals surface area (Å²) in [5.41, 5.74) is -0.0650. The van der Waals surface area contributed by atoms with Gasteiger partial charge in [-0.2, -0.15) is 0 Å². The van der Waals surface area contributed by atoms with Gasteiger partial charge in [-0.05, 0) is 34.1 Å². The van der Waals surface area contributed by atoms with E-state index in [2.05, 4.69) is 50.2 Å². The molecule has 0 amide bonds. The van der Waals surface area contributed by atoms with E-state index in [0.29, 0.717) is 0 Å². The van der Waals surface area contributed by atoms with Gasteiger partial charge in [0.2, 0.25) is 0 Å². The Morgan fingerprint density at radius 3 is 2.12 bits per heavy atom. The summed E-state index contributed by atoms with van der Waals surface area (Å²) >= 11 is 1.71. The highest BCUT2D eigenvalue weighted by Gasteiger charge is 2.54. The molecule has 0 spiro atoms. The van der Waals surface area contributed by atoms with E-state index < -0.39 is 0 Å². The Morgan fingerprint density at radius 1 is 1.19 bits per heavy atom. The fraction of sp³-hybridized carbons (Fsp3) is 0.750. The summed E-state index contributed by atoms with van der Waals surface area (Å²) in [6.07, 6.45) is 2.87. The Balaban J connectivity index is 2.41. The number of thiazole rings is 1. The van der Waals surface area contributed by atoms with Crippen LogP contribution in [0.4, 0.5) is 0 Å². The molecule has 1 aliphatic heterocycles. The molecule has 0 radical (unpaired) electrons. The smallest absolute Gasteiger partial charge is 0.127 e. The molecule has 0 unspecified atom stereocenters. The molecule has 1 aromatic rings. The van der Waals surface area contributed by atoms with Crippen molar-refractivity contribution >= 4 is 11.3 Å². The van der Waals surface area contributed by atoms with E-state index in [9.17, 15) is 0 Å². The Hall–Kier alpha value is -0.450. The minimum Gasteiger partial charge on any atom is -0.287 e.